The number of hydrogen-bond donors (Lipinski definition) is 3. The number of carbonyl (C=O) groups excluding carboxylic acids is 1. The Morgan fingerprint density at radius 3 is 2.09 bits per heavy atom. The Balaban J connectivity index is 0.000000668. The maximum absolute atomic E-state index is 12.7. The average Bonchev–Trinajstić information content (AvgIpc) is 2.79. The van der Waals surface area contributed by atoms with Crippen LogP contribution in [-0.4, -0.2) is 65.7 Å². The molecule has 8 heteroatoms. The molecule has 5 rings (SSSR count). The predicted molar refractivity (Wildman–Crippen MR) is 119 cm³/mol. The summed E-state index contributed by atoms with van der Waals surface area (Å²) in [5, 5.41) is 19.7. The smallest absolute Gasteiger partial charge is 0.335 e. The van der Waals surface area contributed by atoms with Crippen LogP contribution in [0, 0.1) is 5.92 Å². The van der Waals surface area contributed by atoms with Gasteiger partial charge in [0.1, 0.15) is 5.75 Å². The van der Waals surface area contributed by atoms with Crippen LogP contribution in [0.1, 0.15) is 40.5 Å². The number of fused-ring (bicyclic) bond motifs is 3. The summed E-state index contributed by atoms with van der Waals surface area (Å²) >= 11 is 0. The molecule has 1 amide bonds. The zero-order chi connectivity index (χ0) is 23.3. The molecule has 3 N–H and O–H groups in total. The van der Waals surface area contributed by atoms with E-state index in [9.17, 15) is 9.59 Å². The van der Waals surface area contributed by atoms with E-state index in [0.717, 1.165) is 50.5 Å². The van der Waals surface area contributed by atoms with E-state index in [1.807, 2.05) is 12.1 Å². The Kier molecular flexibility index (Phi) is 7.48. The van der Waals surface area contributed by atoms with E-state index in [-0.39, 0.29) is 17.5 Å². The van der Waals surface area contributed by atoms with Gasteiger partial charge >= 0.3 is 5.97 Å². The summed E-state index contributed by atoms with van der Waals surface area (Å²) in [5.41, 5.74) is 2.46. The fraction of sp³-hybridized carbons (Fsp3) is 0.375. The average molecular weight is 440 g/mol. The van der Waals surface area contributed by atoms with Gasteiger partial charge in [0.15, 0.2) is 0 Å². The third kappa shape index (κ3) is 5.64. The number of hydrogen-bond acceptors (Lipinski definition) is 5. The van der Waals surface area contributed by atoms with Gasteiger partial charge in [0.25, 0.3) is 11.9 Å². The summed E-state index contributed by atoms with van der Waals surface area (Å²) in [6.07, 6.45) is 2.33. The lowest BCUT2D eigenvalue weighted by atomic mass is 9.84. The molecular weight excluding hydrogens is 412 g/mol. The highest BCUT2D eigenvalue weighted by Crippen LogP contribution is 2.31. The number of amides is 1. The van der Waals surface area contributed by atoms with Crippen molar-refractivity contribution in [2.24, 2.45) is 5.92 Å². The van der Waals surface area contributed by atoms with Gasteiger partial charge in [-0.25, -0.2) is 4.79 Å². The third-order valence-corrected chi connectivity index (χ3v) is 5.88. The molecule has 3 heterocycles. The first-order chi connectivity index (χ1) is 15.3. The van der Waals surface area contributed by atoms with E-state index in [1.165, 1.54) is 13.2 Å². The molecule has 170 valence electrons. The van der Waals surface area contributed by atoms with Crippen molar-refractivity contribution in [2.75, 3.05) is 26.7 Å². The van der Waals surface area contributed by atoms with E-state index in [0.29, 0.717) is 17.2 Å². The predicted octanol–water partition coefficient (Wildman–Crippen LogP) is 2.98. The molecule has 0 aromatic heterocycles. The number of methoxy groups -OCH3 is 1. The second-order valence-corrected chi connectivity index (χ2v) is 8.03. The zero-order valence-electron chi connectivity index (χ0n) is 18.2. The van der Waals surface area contributed by atoms with Crippen LogP contribution in [0.2, 0.25) is 0 Å². The maximum atomic E-state index is 12.7. The molecule has 0 aliphatic carbocycles. The molecule has 2 aromatic carbocycles. The van der Waals surface area contributed by atoms with Crippen LogP contribution in [0.5, 0.6) is 5.75 Å². The van der Waals surface area contributed by atoms with Crippen LogP contribution in [0.3, 0.4) is 0 Å². The molecule has 3 saturated heterocycles. The molecule has 8 nitrogen and oxygen atoms in total. The Hall–Kier alpha value is -3.39. The van der Waals surface area contributed by atoms with Crippen LogP contribution in [0.4, 0.5) is 0 Å². The first-order valence-corrected chi connectivity index (χ1v) is 10.5. The SMILES string of the molecule is CC(=O)O.COc1cc(C(=O)O)ccc1-c1ccc(C(=O)NC2CN3CCC2CC3)cc1. The van der Waals surface area contributed by atoms with Gasteiger partial charge in [0.05, 0.1) is 12.7 Å². The lowest BCUT2D eigenvalue weighted by molar-refractivity contribution is -0.134. The van der Waals surface area contributed by atoms with E-state index in [4.69, 9.17) is 19.7 Å². The highest BCUT2D eigenvalue weighted by atomic mass is 16.5. The Labute approximate surface area is 186 Å². The van der Waals surface area contributed by atoms with Crippen molar-refractivity contribution in [3.8, 4) is 16.9 Å². The van der Waals surface area contributed by atoms with E-state index >= 15 is 0 Å². The monoisotopic (exact) mass is 440 g/mol. The van der Waals surface area contributed by atoms with Gasteiger partial charge in [0, 0.05) is 30.6 Å². The number of carbonyl (C=O) groups is 3. The number of rotatable bonds is 5. The number of carboxylic acid groups (broad SMARTS) is 2. The normalized spacial score (nSPS) is 21.1. The number of benzene rings is 2. The minimum absolute atomic E-state index is 0.0431. The van der Waals surface area contributed by atoms with Crippen molar-refractivity contribution < 1.29 is 29.3 Å². The first-order valence-electron chi connectivity index (χ1n) is 10.5. The van der Waals surface area contributed by atoms with Crippen molar-refractivity contribution in [1.29, 1.82) is 0 Å². The van der Waals surface area contributed by atoms with Crippen molar-refractivity contribution in [3.05, 3.63) is 53.6 Å². The minimum atomic E-state index is -0.996. The molecule has 0 spiro atoms. The highest BCUT2D eigenvalue weighted by Gasteiger charge is 2.34. The van der Waals surface area contributed by atoms with Crippen molar-refractivity contribution in [1.82, 2.24) is 10.2 Å². The van der Waals surface area contributed by atoms with Gasteiger partial charge in [-0.05, 0) is 67.7 Å². The van der Waals surface area contributed by atoms with Crippen LogP contribution in [-0.2, 0) is 4.79 Å². The van der Waals surface area contributed by atoms with E-state index in [2.05, 4.69) is 10.2 Å². The van der Waals surface area contributed by atoms with Gasteiger partial charge in [-0.3, -0.25) is 9.59 Å². The summed E-state index contributed by atoms with van der Waals surface area (Å²) in [6, 6.07) is 12.4. The fourth-order valence-electron chi connectivity index (χ4n) is 4.24. The number of carboxylic acids is 2. The van der Waals surface area contributed by atoms with Gasteiger partial charge in [0.2, 0.25) is 0 Å². The molecular formula is C24H28N2O6. The van der Waals surface area contributed by atoms with Gasteiger partial charge in [-0.15, -0.1) is 0 Å². The molecule has 32 heavy (non-hydrogen) atoms. The Bertz CT molecular complexity index is 976. The van der Waals surface area contributed by atoms with Crippen LogP contribution in [0.25, 0.3) is 11.1 Å². The fourth-order valence-corrected chi connectivity index (χ4v) is 4.24. The second-order valence-electron chi connectivity index (χ2n) is 8.03. The third-order valence-electron chi connectivity index (χ3n) is 5.88. The second kappa shape index (κ2) is 10.3. The summed E-state index contributed by atoms with van der Waals surface area (Å²) in [5.74, 6) is -0.794. The van der Waals surface area contributed by atoms with Crippen molar-refractivity contribution >= 4 is 17.8 Å². The number of ether oxygens (including phenoxy) is 1. The number of nitrogens with zero attached hydrogens (tertiary/aromatic N) is 1. The quantitative estimate of drug-likeness (QED) is 0.654. The Morgan fingerprint density at radius 2 is 1.59 bits per heavy atom. The maximum Gasteiger partial charge on any atom is 0.335 e. The van der Waals surface area contributed by atoms with Crippen LogP contribution in [0.15, 0.2) is 42.5 Å². The van der Waals surface area contributed by atoms with Crippen molar-refractivity contribution in [2.45, 2.75) is 25.8 Å². The first kappa shape index (κ1) is 23.3. The van der Waals surface area contributed by atoms with E-state index < -0.39 is 11.9 Å². The molecule has 2 bridgehead atoms. The number of piperidine rings is 3. The summed E-state index contributed by atoms with van der Waals surface area (Å²) in [7, 11) is 1.51. The number of aliphatic carboxylic acids is 1. The Morgan fingerprint density at radius 1 is 1.00 bits per heavy atom. The molecule has 3 fully saturated rings. The molecule has 0 saturated carbocycles. The lowest BCUT2D eigenvalue weighted by Gasteiger charge is -2.44. The summed E-state index contributed by atoms with van der Waals surface area (Å²) < 4.78 is 5.35. The van der Waals surface area contributed by atoms with E-state index in [1.54, 1.807) is 24.3 Å². The molecule has 1 atom stereocenters. The summed E-state index contributed by atoms with van der Waals surface area (Å²) in [4.78, 5) is 35.2. The zero-order valence-corrected chi connectivity index (χ0v) is 18.2. The molecule has 2 aromatic rings. The van der Waals surface area contributed by atoms with Crippen LogP contribution < -0.4 is 10.1 Å². The minimum Gasteiger partial charge on any atom is -0.496 e. The standard InChI is InChI=1S/C22H24N2O4.C2H4O2/c1-28-20-12-17(22(26)27)6-7-18(20)14-2-4-16(5-3-14)21(25)23-19-13-24-10-8-15(19)9-11-24;1-2(3)4/h2-7,12,15,19H,8-11,13H2,1H3,(H,23,25)(H,26,27);1H3,(H,3,4). The van der Waals surface area contributed by atoms with Gasteiger partial charge in [-0.2, -0.15) is 0 Å². The molecule has 3 aliphatic heterocycles. The number of aromatic carboxylic acids is 1. The molecule has 3 aliphatic rings. The van der Waals surface area contributed by atoms with Gasteiger partial charge < -0.3 is 25.2 Å². The molecule has 1 unspecified atom stereocenters. The highest BCUT2D eigenvalue weighted by molar-refractivity contribution is 5.95. The number of nitrogens with one attached hydrogen (secondary N) is 1. The van der Waals surface area contributed by atoms with Crippen LogP contribution >= 0.6 is 0 Å². The van der Waals surface area contributed by atoms with Crippen molar-refractivity contribution in [3.63, 3.8) is 0 Å². The van der Waals surface area contributed by atoms with Gasteiger partial charge in [-0.1, -0.05) is 12.1 Å². The summed E-state index contributed by atoms with van der Waals surface area (Å²) in [6.45, 7) is 4.32. The topological polar surface area (TPSA) is 116 Å². The largest absolute Gasteiger partial charge is 0.496 e. The molecule has 0 radical (unpaired) electrons. The lowest BCUT2D eigenvalue weighted by Crippen LogP contribution is -2.57.